The summed E-state index contributed by atoms with van der Waals surface area (Å²) in [6, 6.07) is 7.00. The van der Waals surface area contributed by atoms with Crippen LogP contribution in [0.15, 0.2) is 18.2 Å². The van der Waals surface area contributed by atoms with Crippen molar-refractivity contribution >= 4 is 0 Å². The Bertz CT molecular complexity index is 339. The highest BCUT2D eigenvalue weighted by Crippen LogP contribution is 2.25. The smallest absolute Gasteiger partial charge is 0.00772 e. The van der Waals surface area contributed by atoms with Crippen molar-refractivity contribution in [1.82, 2.24) is 0 Å². The zero-order valence-corrected chi connectivity index (χ0v) is 11.8. The lowest BCUT2D eigenvalue weighted by molar-refractivity contribution is 0.727. The molecule has 1 aromatic rings. The molecule has 0 aliphatic carbocycles. The number of benzene rings is 1. The van der Waals surface area contributed by atoms with Gasteiger partial charge >= 0.3 is 0 Å². The summed E-state index contributed by atoms with van der Waals surface area (Å²) in [5.41, 5.74) is 10.1. The number of nitrogens with two attached hydrogens (primary N) is 1. The minimum Gasteiger partial charge on any atom is -0.330 e. The van der Waals surface area contributed by atoms with E-state index in [4.69, 9.17) is 5.73 Å². The van der Waals surface area contributed by atoms with Crippen LogP contribution in [-0.4, -0.2) is 6.54 Å². The van der Waals surface area contributed by atoms with Gasteiger partial charge in [0.05, 0.1) is 0 Å². The Morgan fingerprint density at radius 1 is 1.00 bits per heavy atom. The van der Waals surface area contributed by atoms with Gasteiger partial charge in [0.1, 0.15) is 0 Å². The molecule has 0 atom stereocenters. The molecular weight excluding hydrogens is 206 g/mol. The van der Waals surface area contributed by atoms with Crippen molar-refractivity contribution in [2.45, 2.75) is 58.8 Å². The Kier molecular flexibility index (Phi) is 5.70. The zero-order valence-electron chi connectivity index (χ0n) is 11.8. The molecule has 0 heterocycles. The van der Waals surface area contributed by atoms with E-state index in [9.17, 15) is 0 Å². The van der Waals surface area contributed by atoms with Crippen LogP contribution in [0.1, 0.15) is 69.1 Å². The van der Waals surface area contributed by atoms with Crippen molar-refractivity contribution < 1.29 is 0 Å². The molecule has 1 aromatic carbocycles. The van der Waals surface area contributed by atoms with Gasteiger partial charge in [0.2, 0.25) is 0 Å². The van der Waals surface area contributed by atoms with E-state index in [0.717, 1.165) is 13.0 Å². The fraction of sp³-hybridized carbons (Fsp3) is 0.625. The second kappa shape index (κ2) is 6.80. The Morgan fingerprint density at radius 3 is 2.24 bits per heavy atom. The second-order valence-corrected chi connectivity index (χ2v) is 5.51. The molecule has 0 spiro atoms. The van der Waals surface area contributed by atoms with E-state index in [2.05, 4.69) is 45.9 Å². The molecule has 0 aromatic heterocycles. The van der Waals surface area contributed by atoms with E-state index >= 15 is 0 Å². The maximum Gasteiger partial charge on any atom is -0.00772 e. The van der Waals surface area contributed by atoms with Crippen LogP contribution in [0.2, 0.25) is 0 Å². The van der Waals surface area contributed by atoms with Crippen molar-refractivity contribution in [2.75, 3.05) is 6.54 Å². The minimum absolute atomic E-state index is 0.615. The third kappa shape index (κ3) is 4.16. The third-order valence-corrected chi connectivity index (χ3v) is 3.36. The Labute approximate surface area is 106 Å². The summed E-state index contributed by atoms with van der Waals surface area (Å²) in [4.78, 5) is 0. The summed E-state index contributed by atoms with van der Waals surface area (Å²) in [6.45, 7) is 9.87. The first-order valence-electron chi connectivity index (χ1n) is 6.89. The first kappa shape index (κ1) is 14.2. The lowest BCUT2D eigenvalue weighted by Crippen LogP contribution is -2.02. The molecular formula is C16H27N. The maximum absolute atomic E-state index is 5.57. The summed E-state index contributed by atoms with van der Waals surface area (Å²) in [6.07, 6.45) is 3.51. The van der Waals surface area contributed by atoms with Crippen molar-refractivity contribution in [2.24, 2.45) is 5.73 Å². The van der Waals surface area contributed by atoms with Gasteiger partial charge in [0, 0.05) is 0 Å². The fourth-order valence-electron chi connectivity index (χ4n) is 2.22. The Morgan fingerprint density at radius 2 is 1.71 bits per heavy atom. The van der Waals surface area contributed by atoms with Crippen LogP contribution in [0.25, 0.3) is 0 Å². The van der Waals surface area contributed by atoms with Crippen LogP contribution in [0, 0.1) is 0 Å². The van der Waals surface area contributed by atoms with E-state index in [0.29, 0.717) is 11.8 Å². The second-order valence-electron chi connectivity index (χ2n) is 5.51. The number of rotatable bonds is 6. The minimum atomic E-state index is 0.615. The monoisotopic (exact) mass is 233 g/mol. The summed E-state index contributed by atoms with van der Waals surface area (Å²) < 4.78 is 0. The first-order chi connectivity index (χ1) is 8.06. The van der Waals surface area contributed by atoms with Crippen LogP contribution in [0.3, 0.4) is 0 Å². The Balaban J connectivity index is 2.90. The molecule has 1 heteroatoms. The highest BCUT2D eigenvalue weighted by atomic mass is 14.5. The van der Waals surface area contributed by atoms with E-state index in [1.807, 2.05) is 0 Å². The topological polar surface area (TPSA) is 26.0 Å². The molecule has 0 amide bonds. The third-order valence-electron chi connectivity index (χ3n) is 3.36. The fourth-order valence-corrected chi connectivity index (χ4v) is 2.22. The van der Waals surface area contributed by atoms with E-state index in [1.54, 1.807) is 0 Å². The van der Waals surface area contributed by atoms with Gasteiger partial charge in [-0.1, -0.05) is 45.9 Å². The lowest BCUT2D eigenvalue weighted by Gasteiger charge is -2.16. The van der Waals surface area contributed by atoms with Gasteiger partial charge in [-0.3, -0.25) is 0 Å². The molecule has 0 saturated heterocycles. The summed E-state index contributed by atoms with van der Waals surface area (Å²) in [5, 5.41) is 0. The Hall–Kier alpha value is -0.820. The van der Waals surface area contributed by atoms with Crippen molar-refractivity contribution in [3.05, 3.63) is 34.9 Å². The van der Waals surface area contributed by atoms with Crippen LogP contribution >= 0.6 is 0 Å². The SMILES string of the molecule is CC(C)c1ccc(C(C)C)c(CCCCN)c1. The lowest BCUT2D eigenvalue weighted by atomic mass is 9.90. The van der Waals surface area contributed by atoms with Crippen molar-refractivity contribution in [3.63, 3.8) is 0 Å². The predicted molar refractivity (Wildman–Crippen MR) is 76.6 cm³/mol. The molecule has 0 fully saturated rings. The molecule has 0 aliphatic rings. The number of hydrogen-bond acceptors (Lipinski definition) is 1. The highest BCUT2D eigenvalue weighted by molar-refractivity contribution is 5.35. The number of unbranched alkanes of at least 4 members (excludes halogenated alkanes) is 1. The molecule has 2 N–H and O–H groups in total. The molecule has 0 bridgehead atoms. The number of hydrogen-bond donors (Lipinski definition) is 1. The van der Waals surface area contributed by atoms with Gasteiger partial charge < -0.3 is 5.73 Å². The molecule has 0 radical (unpaired) electrons. The van der Waals surface area contributed by atoms with Gasteiger partial charge in [-0.05, 0) is 54.3 Å². The predicted octanol–water partition coefficient (Wildman–Crippen LogP) is 4.21. The van der Waals surface area contributed by atoms with Crippen LogP contribution in [0.4, 0.5) is 0 Å². The van der Waals surface area contributed by atoms with Gasteiger partial charge in [0.15, 0.2) is 0 Å². The van der Waals surface area contributed by atoms with E-state index in [-0.39, 0.29) is 0 Å². The van der Waals surface area contributed by atoms with Crippen molar-refractivity contribution in [3.8, 4) is 0 Å². The van der Waals surface area contributed by atoms with Crippen molar-refractivity contribution in [1.29, 1.82) is 0 Å². The highest BCUT2D eigenvalue weighted by Gasteiger charge is 2.09. The van der Waals surface area contributed by atoms with Gasteiger partial charge in [-0.25, -0.2) is 0 Å². The normalized spacial score (nSPS) is 11.5. The zero-order chi connectivity index (χ0) is 12.8. The average molecular weight is 233 g/mol. The van der Waals surface area contributed by atoms with Gasteiger partial charge in [-0.15, -0.1) is 0 Å². The molecule has 0 aliphatic heterocycles. The quantitative estimate of drug-likeness (QED) is 0.732. The summed E-state index contributed by atoms with van der Waals surface area (Å²) in [7, 11) is 0. The summed E-state index contributed by atoms with van der Waals surface area (Å²) in [5.74, 6) is 1.23. The van der Waals surface area contributed by atoms with Gasteiger partial charge in [-0.2, -0.15) is 0 Å². The van der Waals surface area contributed by atoms with E-state index < -0.39 is 0 Å². The standard InChI is InChI=1S/C16H27N/c1-12(2)14-8-9-16(13(3)4)15(11-14)7-5-6-10-17/h8-9,11-13H,5-7,10,17H2,1-4H3. The molecule has 96 valence electrons. The average Bonchev–Trinajstić information content (AvgIpc) is 2.28. The molecule has 1 rings (SSSR count). The van der Waals surface area contributed by atoms with Gasteiger partial charge in [0.25, 0.3) is 0 Å². The molecule has 17 heavy (non-hydrogen) atoms. The molecule has 1 nitrogen and oxygen atoms in total. The summed E-state index contributed by atoms with van der Waals surface area (Å²) >= 11 is 0. The molecule has 0 saturated carbocycles. The maximum atomic E-state index is 5.57. The first-order valence-corrected chi connectivity index (χ1v) is 6.89. The number of aryl methyl sites for hydroxylation is 1. The van der Waals surface area contributed by atoms with Crippen LogP contribution in [0.5, 0.6) is 0 Å². The van der Waals surface area contributed by atoms with Crippen LogP contribution < -0.4 is 5.73 Å². The molecule has 0 unspecified atom stereocenters. The largest absolute Gasteiger partial charge is 0.330 e. The van der Waals surface area contributed by atoms with E-state index in [1.165, 1.54) is 29.5 Å². The van der Waals surface area contributed by atoms with Crippen LogP contribution in [-0.2, 0) is 6.42 Å².